The lowest BCUT2D eigenvalue weighted by Gasteiger charge is -2.04. The second-order valence-electron chi connectivity index (χ2n) is 3.73. The highest BCUT2D eigenvalue weighted by atomic mass is 79.9. The van der Waals surface area contributed by atoms with E-state index in [1.165, 1.54) is 16.2 Å². The molecular formula is C10H13BrS. The first-order valence-corrected chi connectivity index (χ1v) is 6.12. The van der Waals surface area contributed by atoms with Crippen molar-refractivity contribution in [3.8, 4) is 0 Å². The first-order valence-electron chi connectivity index (χ1n) is 4.39. The zero-order chi connectivity index (χ0) is 8.72. The van der Waals surface area contributed by atoms with Crippen molar-refractivity contribution in [2.75, 3.05) is 0 Å². The summed E-state index contributed by atoms with van der Waals surface area (Å²) in [5.41, 5.74) is 0. The van der Waals surface area contributed by atoms with Crippen LogP contribution in [0.1, 0.15) is 27.9 Å². The molecule has 0 amide bonds. The second-order valence-corrected chi connectivity index (χ2v) is 6.03. The van der Waals surface area contributed by atoms with Crippen LogP contribution in [0.2, 0.25) is 0 Å². The summed E-state index contributed by atoms with van der Waals surface area (Å²) in [6.45, 7) is 4.50. The van der Waals surface area contributed by atoms with Crippen molar-refractivity contribution < 1.29 is 0 Å². The molecule has 1 saturated carbocycles. The molecule has 1 aliphatic carbocycles. The van der Waals surface area contributed by atoms with Crippen LogP contribution in [0.25, 0.3) is 0 Å². The van der Waals surface area contributed by atoms with Gasteiger partial charge in [0, 0.05) is 9.75 Å². The van der Waals surface area contributed by atoms with Crippen LogP contribution in [0.5, 0.6) is 0 Å². The Balaban J connectivity index is 2.09. The largest absolute Gasteiger partial charge is 0.145 e. The first-order chi connectivity index (χ1) is 5.68. The topological polar surface area (TPSA) is 0 Å². The van der Waals surface area contributed by atoms with Gasteiger partial charge in [-0.2, -0.15) is 0 Å². The average molecular weight is 245 g/mol. The van der Waals surface area contributed by atoms with Crippen LogP contribution in [0.15, 0.2) is 12.1 Å². The summed E-state index contributed by atoms with van der Waals surface area (Å²) in [5.74, 6) is 1.82. The predicted octanol–water partition coefficient (Wildman–Crippen LogP) is 4.15. The summed E-state index contributed by atoms with van der Waals surface area (Å²) in [5, 5.41) is 0. The standard InChI is InChI=1S/C10H13BrS/c1-6-5-8(6)10(11)9-4-3-7(2)12-9/h3-4,6,8,10H,5H2,1-2H3. The highest BCUT2D eigenvalue weighted by Crippen LogP contribution is 2.52. The number of rotatable bonds is 2. The lowest BCUT2D eigenvalue weighted by molar-refractivity contribution is 0.749. The molecule has 1 fully saturated rings. The fourth-order valence-corrected chi connectivity index (χ4v) is 3.67. The van der Waals surface area contributed by atoms with Gasteiger partial charge in [-0.05, 0) is 37.3 Å². The molecule has 1 aliphatic rings. The molecule has 1 aromatic heterocycles. The van der Waals surface area contributed by atoms with Crippen molar-refractivity contribution in [2.45, 2.75) is 25.1 Å². The van der Waals surface area contributed by atoms with E-state index in [4.69, 9.17) is 0 Å². The van der Waals surface area contributed by atoms with Crippen molar-refractivity contribution in [3.05, 3.63) is 21.9 Å². The van der Waals surface area contributed by atoms with E-state index in [0.29, 0.717) is 4.83 Å². The van der Waals surface area contributed by atoms with Gasteiger partial charge >= 0.3 is 0 Å². The maximum absolute atomic E-state index is 3.78. The predicted molar refractivity (Wildman–Crippen MR) is 58.0 cm³/mol. The molecule has 66 valence electrons. The van der Waals surface area contributed by atoms with Gasteiger partial charge in [-0.3, -0.25) is 0 Å². The maximum atomic E-state index is 3.78. The minimum atomic E-state index is 0.617. The number of hydrogen-bond donors (Lipinski definition) is 0. The molecule has 2 heteroatoms. The van der Waals surface area contributed by atoms with Crippen LogP contribution >= 0.6 is 27.3 Å². The molecule has 0 radical (unpaired) electrons. The molecule has 0 saturated heterocycles. The monoisotopic (exact) mass is 244 g/mol. The van der Waals surface area contributed by atoms with Crippen LogP contribution in [-0.2, 0) is 0 Å². The molecule has 0 nitrogen and oxygen atoms in total. The van der Waals surface area contributed by atoms with Gasteiger partial charge in [0.25, 0.3) is 0 Å². The Morgan fingerprint density at radius 3 is 2.67 bits per heavy atom. The van der Waals surface area contributed by atoms with Crippen molar-refractivity contribution >= 4 is 27.3 Å². The van der Waals surface area contributed by atoms with Crippen LogP contribution in [0.3, 0.4) is 0 Å². The van der Waals surface area contributed by atoms with Gasteiger partial charge in [0.15, 0.2) is 0 Å². The van der Waals surface area contributed by atoms with Gasteiger partial charge in [0.05, 0.1) is 4.83 Å². The highest BCUT2D eigenvalue weighted by molar-refractivity contribution is 9.09. The second kappa shape index (κ2) is 3.15. The molecule has 2 rings (SSSR count). The van der Waals surface area contributed by atoms with Crippen molar-refractivity contribution in [1.29, 1.82) is 0 Å². The minimum Gasteiger partial charge on any atom is -0.145 e. The third kappa shape index (κ3) is 1.60. The molecule has 12 heavy (non-hydrogen) atoms. The molecule has 0 spiro atoms. The Morgan fingerprint density at radius 2 is 2.25 bits per heavy atom. The van der Waals surface area contributed by atoms with E-state index in [1.54, 1.807) is 0 Å². The minimum absolute atomic E-state index is 0.617. The maximum Gasteiger partial charge on any atom is 0.0520 e. The van der Waals surface area contributed by atoms with Gasteiger partial charge < -0.3 is 0 Å². The molecule has 3 atom stereocenters. The third-order valence-corrected chi connectivity index (χ3v) is 5.14. The summed E-state index contributed by atoms with van der Waals surface area (Å²) in [6, 6.07) is 4.46. The summed E-state index contributed by atoms with van der Waals surface area (Å²) in [7, 11) is 0. The van der Waals surface area contributed by atoms with E-state index < -0.39 is 0 Å². The number of halogens is 1. The van der Waals surface area contributed by atoms with Gasteiger partial charge in [-0.1, -0.05) is 22.9 Å². The number of thiophene rings is 1. The fourth-order valence-electron chi connectivity index (χ4n) is 1.57. The van der Waals surface area contributed by atoms with Crippen molar-refractivity contribution in [1.82, 2.24) is 0 Å². The smallest absolute Gasteiger partial charge is 0.0520 e. The van der Waals surface area contributed by atoms with Gasteiger partial charge in [0.1, 0.15) is 0 Å². The van der Waals surface area contributed by atoms with E-state index in [2.05, 4.69) is 41.9 Å². The van der Waals surface area contributed by atoms with E-state index in [0.717, 1.165) is 11.8 Å². The molecule has 0 aliphatic heterocycles. The van der Waals surface area contributed by atoms with E-state index in [-0.39, 0.29) is 0 Å². The Labute approximate surface area is 86.1 Å². The van der Waals surface area contributed by atoms with Gasteiger partial charge in [-0.25, -0.2) is 0 Å². The van der Waals surface area contributed by atoms with Crippen molar-refractivity contribution in [3.63, 3.8) is 0 Å². The molecule has 1 aromatic rings. The Morgan fingerprint density at radius 1 is 1.58 bits per heavy atom. The number of hydrogen-bond acceptors (Lipinski definition) is 1. The quantitative estimate of drug-likeness (QED) is 0.686. The molecule has 0 N–H and O–H groups in total. The van der Waals surface area contributed by atoms with E-state index >= 15 is 0 Å². The van der Waals surface area contributed by atoms with Crippen LogP contribution in [0.4, 0.5) is 0 Å². The fraction of sp³-hybridized carbons (Fsp3) is 0.600. The summed E-state index contributed by atoms with van der Waals surface area (Å²) in [6.07, 6.45) is 1.40. The lowest BCUT2D eigenvalue weighted by atomic mass is 10.2. The third-order valence-electron chi connectivity index (χ3n) is 2.58. The first kappa shape index (κ1) is 8.76. The molecular weight excluding hydrogens is 232 g/mol. The highest BCUT2D eigenvalue weighted by Gasteiger charge is 2.39. The van der Waals surface area contributed by atoms with Crippen LogP contribution in [-0.4, -0.2) is 0 Å². The average Bonchev–Trinajstić information content (AvgIpc) is 2.58. The zero-order valence-electron chi connectivity index (χ0n) is 7.38. The Bertz CT molecular complexity index is 279. The summed E-state index contributed by atoms with van der Waals surface area (Å²) in [4.78, 5) is 3.54. The number of aryl methyl sites for hydroxylation is 1. The Kier molecular flexibility index (Phi) is 2.30. The molecule has 0 aromatic carbocycles. The van der Waals surface area contributed by atoms with E-state index in [1.807, 2.05) is 11.3 Å². The van der Waals surface area contributed by atoms with Crippen LogP contribution in [0, 0.1) is 18.8 Å². The SMILES string of the molecule is Cc1ccc(C(Br)C2CC2C)s1. The number of alkyl halides is 1. The molecule has 3 unspecified atom stereocenters. The summed E-state index contributed by atoms with van der Waals surface area (Å²) < 4.78 is 0. The van der Waals surface area contributed by atoms with Crippen LogP contribution < -0.4 is 0 Å². The van der Waals surface area contributed by atoms with E-state index in [9.17, 15) is 0 Å². The zero-order valence-corrected chi connectivity index (χ0v) is 9.78. The normalized spacial score (nSPS) is 30.2. The molecule has 0 bridgehead atoms. The summed E-state index contributed by atoms with van der Waals surface area (Å²) >= 11 is 5.70. The van der Waals surface area contributed by atoms with Crippen molar-refractivity contribution in [2.24, 2.45) is 11.8 Å². The van der Waals surface area contributed by atoms with Gasteiger partial charge in [-0.15, -0.1) is 11.3 Å². The lowest BCUT2D eigenvalue weighted by Crippen LogP contribution is -1.89. The van der Waals surface area contributed by atoms with Gasteiger partial charge in [0.2, 0.25) is 0 Å². The molecule has 1 heterocycles. The Hall–Kier alpha value is 0.180.